The van der Waals surface area contributed by atoms with E-state index in [1.807, 2.05) is 7.05 Å². The monoisotopic (exact) mass is 449 g/mol. The summed E-state index contributed by atoms with van der Waals surface area (Å²) in [4.78, 5) is 11.4. The fourth-order valence-electron chi connectivity index (χ4n) is 3.02. The molecule has 2 heterocycles. The summed E-state index contributed by atoms with van der Waals surface area (Å²) in [6.07, 6.45) is 4.21. The van der Waals surface area contributed by atoms with Crippen molar-refractivity contribution in [2.45, 2.75) is 46.2 Å². The molecule has 2 N–H and O–H groups in total. The van der Waals surface area contributed by atoms with Gasteiger partial charge in [0.15, 0.2) is 5.96 Å². The van der Waals surface area contributed by atoms with Crippen LogP contribution in [-0.4, -0.2) is 57.8 Å². The van der Waals surface area contributed by atoms with Gasteiger partial charge in [-0.3, -0.25) is 9.58 Å². The topological polar surface area (TPSA) is 70.4 Å². The highest BCUT2D eigenvalue weighted by atomic mass is 127. The maximum atomic E-state index is 4.63. The summed E-state index contributed by atoms with van der Waals surface area (Å²) < 4.78 is 1.76. The Balaban J connectivity index is 0.00000288. The molecule has 7 nitrogen and oxygen atoms in total. The van der Waals surface area contributed by atoms with E-state index in [4.69, 9.17) is 0 Å². The van der Waals surface area contributed by atoms with Crippen molar-refractivity contribution in [3.63, 3.8) is 0 Å². The lowest BCUT2D eigenvalue weighted by Crippen LogP contribution is -2.48. The quantitative estimate of drug-likeness (QED) is 0.376. The summed E-state index contributed by atoms with van der Waals surface area (Å²) in [6.45, 7) is 11.4. The molecule has 0 saturated carbocycles. The number of nitrogens with one attached hydrogen (secondary N) is 2. The maximum absolute atomic E-state index is 4.63. The second-order valence-electron chi connectivity index (χ2n) is 6.43. The number of hydrogen-bond acceptors (Lipinski definition) is 4. The Hall–Kier alpha value is -0.900. The van der Waals surface area contributed by atoms with Crippen LogP contribution in [0.15, 0.2) is 11.3 Å². The zero-order chi connectivity index (χ0) is 16.7. The number of hydrogen-bond donors (Lipinski definition) is 2. The Kier molecular flexibility index (Phi) is 9.57. The number of guanidine groups is 1. The Morgan fingerprint density at radius 1 is 1.29 bits per heavy atom. The van der Waals surface area contributed by atoms with Gasteiger partial charge in [-0.1, -0.05) is 13.8 Å². The highest BCUT2D eigenvalue weighted by molar-refractivity contribution is 14.0. The standard InChI is InChI=1S/C16H31N7.HI/c1-5-17-16(19-11-15-20-12-21-22(15)4)18-10-14(13(2)3)23-8-6-7-9-23;/h12-14H,5-11H2,1-4H3,(H2,17,18,19);1H. The first kappa shape index (κ1) is 21.1. The molecule has 0 aliphatic carbocycles. The summed E-state index contributed by atoms with van der Waals surface area (Å²) >= 11 is 0. The van der Waals surface area contributed by atoms with Crippen molar-refractivity contribution in [1.82, 2.24) is 30.3 Å². The van der Waals surface area contributed by atoms with Crippen molar-refractivity contribution >= 4 is 29.9 Å². The minimum absolute atomic E-state index is 0. The van der Waals surface area contributed by atoms with Crippen LogP contribution in [0.3, 0.4) is 0 Å². The van der Waals surface area contributed by atoms with Crippen molar-refractivity contribution in [2.24, 2.45) is 18.0 Å². The third-order valence-corrected chi connectivity index (χ3v) is 4.39. The van der Waals surface area contributed by atoms with Gasteiger partial charge < -0.3 is 10.6 Å². The van der Waals surface area contributed by atoms with E-state index in [0.29, 0.717) is 18.5 Å². The molecule has 1 aliphatic rings. The molecule has 0 amide bonds. The van der Waals surface area contributed by atoms with E-state index in [2.05, 4.69) is 51.4 Å². The summed E-state index contributed by atoms with van der Waals surface area (Å²) in [5, 5.41) is 10.9. The predicted octanol–water partition coefficient (Wildman–Crippen LogP) is 1.61. The van der Waals surface area contributed by atoms with E-state index in [-0.39, 0.29) is 24.0 Å². The molecule has 1 unspecified atom stereocenters. The van der Waals surface area contributed by atoms with E-state index in [1.54, 1.807) is 11.0 Å². The molecule has 0 aromatic carbocycles. The maximum Gasteiger partial charge on any atom is 0.191 e. The van der Waals surface area contributed by atoms with E-state index in [1.165, 1.54) is 25.9 Å². The molecule has 0 radical (unpaired) electrons. The van der Waals surface area contributed by atoms with Crippen molar-refractivity contribution in [1.29, 1.82) is 0 Å². The van der Waals surface area contributed by atoms with Crippen molar-refractivity contribution in [2.75, 3.05) is 26.2 Å². The number of aryl methyl sites for hydroxylation is 1. The van der Waals surface area contributed by atoms with Crippen molar-refractivity contribution in [3.8, 4) is 0 Å². The van der Waals surface area contributed by atoms with Crippen LogP contribution in [0.4, 0.5) is 0 Å². The Labute approximate surface area is 162 Å². The SMILES string of the molecule is CCNC(=NCc1ncnn1C)NCC(C(C)C)N1CCCC1.I. The lowest BCUT2D eigenvalue weighted by atomic mass is 10.0. The normalized spacial score (nSPS) is 17.0. The van der Waals surface area contributed by atoms with E-state index >= 15 is 0 Å². The van der Waals surface area contributed by atoms with Gasteiger partial charge in [0.25, 0.3) is 0 Å². The highest BCUT2D eigenvalue weighted by Gasteiger charge is 2.24. The molecule has 2 rings (SSSR count). The molecule has 1 atom stereocenters. The van der Waals surface area contributed by atoms with Crippen LogP contribution in [0.2, 0.25) is 0 Å². The van der Waals surface area contributed by atoms with Gasteiger partial charge in [-0.25, -0.2) is 9.98 Å². The van der Waals surface area contributed by atoms with Gasteiger partial charge in [-0.2, -0.15) is 5.10 Å². The molecular weight excluding hydrogens is 417 g/mol. The summed E-state index contributed by atoms with van der Waals surface area (Å²) in [5.41, 5.74) is 0. The Bertz CT molecular complexity index is 494. The second-order valence-corrected chi connectivity index (χ2v) is 6.43. The molecule has 1 aromatic heterocycles. The van der Waals surface area contributed by atoms with Crippen LogP contribution in [-0.2, 0) is 13.6 Å². The molecule has 1 fully saturated rings. The molecule has 0 bridgehead atoms. The first-order valence-corrected chi connectivity index (χ1v) is 8.71. The predicted molar refractivity (Wildman–Crippen MR) is 109 cm³/mol. The molecule has 24 heavy (non-hydrogen) atoms. The van der Waals surface area contributed by atoms with Crippen LogP contribution in [0.5, 0.6) is 0 Å². The third-order valence-electron chi connectivity index (χ3n) is 4.39. The van der Waals surface area contributed by atoms with E-state index < -0.39 is 0 Å². The van der Waals surface area contributed by atoms with E-state index in [9.17, 15) is 0 Å². The first-order chi connectivity index (χ1) is 11.1. The minimum Gasteiger partial charge on any atom is -0.357 e. The van der Waals surface area contributed by atoms with Gasteiger partial charge >= 0.3 is 0 Å². The number of aliphatic imine (C=N–C) groups is 1. The molecule has 0 spiro atoms. The summed E-state index contributed by atoms with van der Waals surface area (Å²) in [5.74, 6) is 2.34. The van der Waals surface area contributed by atoms with Crippen LogP contribution in [0, 0.1) is 5.92 Å². The third kappa shape index (κ3) is 6.19. The average Bonchev–Trinajstić information content (AvgIpc) is 3.16. The molecule has 1 saturated heterocycles. The molecule has 1 aliphatic heterocycles. The molecule has 8 heteroatoms. The van der Waals surface area contributed by atoms with Gasteiger partial charge in [-0.15, -0.1) is 24.0 Å². The Morgan fingerprint density at radius 3 is 2.54 bits per heavy atom. The lowest BCUT2D eigenvalue weighted by molar-refractivity contribution is 0.192. The lowest BCUT2D eigenvalue weighted by Gasteiger charge is -2.31. The van der Waals surface area contributed by atoms with Crippen LogP contribution >= 0.6 is 24.0 Å². The Morgan fingerprint density at radius 2 is 2.00 bits per heavy atom. The number of nitrogens with zero attached hydrogens (tertiary/aromatic N) is 5. The number of halogens is 1. The summed E-state index contributed by atoms with van der Waals surface area (Å²) in [6, 6.07) is 0.552. The van der Waals surface area contributed by atoms with E-state index in [0.717, 1.165) is 24.9 Å². The molecular formula is C16H32IN7. The van der Waals surface area contributed by atoms with Crippen LogP contribution in [0.1, 0.15) is 39.4 Å². The highest BCUT2D eigenvalue weighted by Crippen LogP contribution is 2.17. The average molecular weight is 449 g/mol. The minimum atomic E-state index is 0. The second kappa shape index (κ2) is 10.9. The van der Waals surface area contributed by atoms with Crippen LogP contribution in [0.25, 0.3) is 0 Å². The van der Waals surface area contributed by atoms with Crippen LogP contribution < -0.4 is 10.6 Å². The van der Waals surface area contributed by atoms with Crippen molar-refractivity contribution in [3.05, 3.63) is 12.2 Å². The zero-order valence-electron chi connectivity index (χ0n) is 15.3. The number of likely N-dealkylation sites (tertiary alicyclic amines) is 1. The van der Waals surface area contributed by atoms with Gasteiger partial charge in [0, 0.05) is 26.2 Å². The summed E-state index contributed by atoms with van der Waals surface area (Å²) in [7, 11) is 1.89. The number of rotatable bonds is 7. The van der Waals surface area contributed by atoms with Gasteiger partial charge in [0.05, 0.1) is 0 Å². The fraction of sp³-hybridized carbons (Fsp3) is 0.812. The largest absolute Gasteiger partial charge is 0.357 e. The molecule has 1 aromatic rings. The first-order valence-electron chi connectivity index (χ1n) is 8.71. The van der Waals surface area contributed by atoms with Gasteiger partial charge in [0.1, 0.15) is 18.7 Å². The van der Waals surface area contributed by atoms with Crippen molar-refractivity contribution < 1.29 is 0 Å². The zero-order valence-corrected chi connectivity index (χ0v) is 17.7. The van der Waals surface area contributed by atoms with Gasteiger partial charge in [0.2, 0.25) is 0 Å². The fourth-order valence-corrected chi connectivity index (χ4v) is 3.02. The number of aromatic nitrogens is 3. The smallest absolute Gasteiger partial charge is 0.191 e. The molecule has 138 valence electrons. The van der Waals surface area contributed by atoms with Gasteiger partial charge in [-0.05, 0) is 38.8 Å².